The summed E-state index contributed by atoms with van der Waals surface area (Å²) in [5, 5.41) is 3.38. The number of aromatic nitrogens is 1. The quantitative estimate of drug-likeness (QED) is 0.818. The van der Waals surface area contributed by atoms with Crippen molar-refractivity contribution in [2.45, 2.75) is 32.2 Å². The molecule has 2 rings (SSSR count). The lowest BCUT2D eigenvalue weighted by molar-refractivity contribution is 0.190. The maximum Gasteiger partial charge on any atom is 0.0661 e. The third-order valence-corrected chi connectivity index (χ3v) is 2.75. The van der Waals surface area contributed by atoms with Crippen molar-refractivity contribution in [3.05, 3.63) is 23.5 Å². The number of nitrogens with one attached hydrogen (secondary N) is 1. The molecule has 0 aliphatic heterocycles. The number of pyridine rings is 1. The second kappa shape index (κ2) is 4.62. The van der Waals surface area contributed by atoms with Crippen LogP contribution in [0.1, 0.15) is 24.6 Å². The number of hydrogen-bond donors (Lipinski definition) is 1. The maximum absolute atomic E-state index is 5.09. The number of anilines is 1. The molecule has 15 heavy (non-hydrogen) atoms. The highest BCUT2D eigenvalue weighted by molar-refractivity contribution is 5.46. The first-order valence-corrected chi connectivity index (χ1v) is 5.53. The summed E-state index contributed by atoms with van der Waals surface area (Å²) in [6.45, 7) is 2.83. The van der Waals surface area contributed by atoms with Crippen molar-refractivity contribution in [1.82, 2.24) is 4.98 Å². The number of rotatable bonds is 4. The lowest BCUT2D eigenvalue weighted by Gasteiger charge is -2.14. The van der Waals surface area contributed by atoms with Crippen molar-refractivity contribution in [1.29, 1.82) is 0 Å². The van der Waals surface area contributed by atoms with Crippen molar-refractivity contribution in [2.75, 3.05) is 19.0 Å². The summed E-state index contributed by atoms with van der Waals surface area (Å²) in [4.78, 5) is 4.47. The van der Waals surface area contributed by atoms with Gasteiger partial charge in [0.1, 0.15) is 0 Å². The van der Waals surface area contributed by atoms with Gasteiger partial charge in [-0.2, -0.15) is 0 Å². The molecule has 0 fully saturated rings. The van der Waals surface area contributed by atoms with E-state index < -0.39 is 0 Å². The number of fused-ring (bicyclic) bond motifs is 1. The number of ether oxygens (including phenoxy) is 1. The second-order valence-corrected chi connectivity index (χ2v) is 4.18. The van der Waals surface area contributed by atoms with Crippen LogP contribution in [0, 0.1) is 0 Å². The molecule has 1 atom stereocenters. The van der Waals surface area contributed by atoms with Crippen LogP contribution in [0.15, 0.2) is 12.3 Å². The van der Waals surface area contributed by atoms with E-state index in [0.717, 1.165) is 18.7 Å². The third kappa shape index (κ3) is 2.48. The van der Waals surface area contributed by atoms with Crippen LogP contribution in [-0.4, -0.2) is 24.7 Å². The second-order valence-electron chi connectivity index (χ2n) is 4.18. The summed E-state index contributed by atoms with van der Waals surface area (Å²) in [5.41, 5.74) is 3.80. The van der Waals surface area contributed by atoms with E-state index in [1.165, 1.54) is 24.1 Å². The molecule has 0 spiro atoms. The van der Waals surface area contributed by atoms with Crippen molar-refractivity contribution < 1.29 is 4.74 Å². The number of hydrogen-bond acceptors (Lipinski definition) is 3. The number of aryl methyl sites for hydroxylation is 2. The summed E-state index contributed by atoms with van der Waals surface area (Å²) >= 11 is 0. The Morgan fingerprint density at radius 1 is 1.53 bits per heavy atom. The minimum absolute atomic E-state index is 0.330. The molecule has 3 nitrogen and oxygen atoms in total. The molecule has 1 heterocycles. The van der Waals surface area contributed by atoms with Crippen molar-refractivity contribution in [2.24, 2.45) is 0 Å². The van der Waals surface area contributed by atoms with E-state index in [1.54, 1.807) is 7.11 Å². The summed E-state index contributed by atoms with van der Waals surface area (Å²) in [6.07, 6.45) is 5.50. The Labute approximate surface area is 90.9 Å². The molecule has 0 saturated heterocycles. The normalized spacial score (nSPS) is 16.1. The predicted octanol–water partition coefficient (Wildman–Crippen LogP) is 2.02. The molecule has 82 valence electrons. The molecule has 1 aromatic heterocycles. The smallest absolute Gasteiger partial charge is 0.0661 e. The van der Waals surface area contributed by atoms with Crippen LogP contribution in [0.25, 0.3) is 0 Å². The molecule has 1 aromatic rings. The van der Waals surface area contributed by atoms with Crippen molar-refractivity contribution in [3.8, 4) is 0 Å². The molecule has 0 amide bonds. The van der Waals surface area contributed by atoms with E-state index in [2.05, 4.69) is 23.3 Å². The van der Waals surface area contributed by atoms with E-state index in [4.69, 9.17) is 4.74 Å². The van der Waals surface area contributed by atoms with Gasteiger partial charge in [-0.15, -0.1) is 0 Å². The van der Waals surface area contributed by atoms with Gasteiger partial charge < -0.3 is 10.1 Å². The van der Waals surface area contributed by atoms with Crippen molar-refractivity contribution >= 4 is 5.69 Å². The Hall–Kier alpha value is -1.09. The van der Waals surface area contributed by atoms with Gasteiger partial charge in [-0.05, 0) is 37.8 Å². The Morgan fingerprint density at radius 2 is 2.40 bits per heavy atom. The molecule has 1 unspecified atom stereocenters. The average Bonchev–Trinajstić information content (AvgIpc) is 2.65. The van der Waals surface area contributed by atoms with Gasteiger partial charge in [0.25, 0.3) is 0 Å². The lowest BCUT2D eigenvalue weighted by atomic mass is 10.2. The van der Waals surface area contributed by atoms with Gasteiger partial charge in [0.15, 0.2) is 0 Å². The van der Waals surface area contributed by atoms with Crippen LogP contribution in [0.3, 0.4) is 0 Å². The zero-order valence-electron chi connectivity index (χ0n) is 9.42. The van der Waals surface area contributed by atoms with Gasteiger partial charge in [0.05, 0.1) is 18.5 Å². The van der Waals surface area contributed by atoms with Gasteiger partial charge in [-0.1, -0.05) is 0 Å². The molecule has 1 N–H and O–H groups in total. The van der Waals surface area contributed by atoms with Crippen LogP contribution < -0.4 is 5.32 Å². The third-order valence-electron chi connectivity index (χ3n) is 2.75. The first kappa shape index (κ1) is 10.4. The fourth-order valence-electron chi connectivity index (χ4n) is 2.08. The summed E-state index contributed by atoms with van der Waals surface area (Å²) < 4.78 is 5.09. The molecular weight excluding hydrogens is 188 g/mol. The van der Waals surface area contributed by atoms with Gasteiger partial charge in [-0.3, -0.25) is 4.98 Å². The molecular formula is C12H18N2O. The highest BCUT2D eigenvalue weighted by Gasteiger charge is 2.12. The standard InChI is InChI=1S/C12H18N2O/c1-9(8-15-2)14-11-6-10-4-3-5-12(10)13-7-11/h6-7,9,14H,3-5,8H2,1-2H3. The van der Waals surface area contributed by atoms with E-state index in [9.17, 15) is 0 Å². The van der Waals surface area contributed by atoms with Crippen LogP contribution in [0.2, 0.25) is 0 Å². The maximum atomic E-state index is 5.09. The highest BCUT2D eigenvalue weighted by Crippen LogP contribution is 2.22. The van der Waals surface area contributed by atoms with Crippen LogP contribution in [-0.2, 0) is 17.6 Å². The fraction of sp³-hybridized carbons (Fsp3) is 0.583. The topological polar surface area (TPSA) is 34.1 Å². The minimum Gasteiger partial charge on any atom is -0.383 e. The summed E-state index contributed by atoms with van der Waals surface area (Å²) in [7, 11) is 1.72. The van der Waals surface area contributed by atoms with E-state index >= 15 is 0 Å². The Balaban J connectivity index is 2.03. The largest absolute Gasteiger partial charge is 0.383 e. The number of methoxy groups -OCH3 is 1. The Morgan fingerprint density at radius 3 is 3.20 bits per heavy atom. The fourth-order valence-corrected chi connectivity index (χ4v) is 2.08. The van der Waals surface area contributed by atoms with Crippen molar-refractivity contribution in [3.63, 3.8) is 0 Å². The monoisotopic (exact) mass is 206 g/mol. The first-order valence-electron chi connectivity index (χ1n) is 5.53. The first-order chi connectivity index (χ1) is 7.29. The Kier molecular flexibility index (Phi) is 3.21. The molecule has 0 bridgehead atoms. The highest BCUT2D eigenvalue weighted by atomic mass is 16.5. The average molecular weight is 206 g/mol. The van der Waals surface area contributed by atoms with E-state index in [-0.39, 0.29) is 0 Å². The minimum atomic E-state index is 0.330. The van der Waals surface area contributed by atoms with Crippen LogP contribution in [0.5, 0.6) is 0 Å². The molecule has 3 heteroatoms. The zero-order chi connectivity index (χ0) is 10.7. The SMILES string of the molecule is COCC(C)Nc1cnc2c(c1)CCC2. The zero-order valence-corrected chi connectivity index (χ0v) is 9.42. The molecule has 1 aliphatic rings. The Bertz CT molecular complexity index is 338. The van der Waals surface area contributed by atoms with Gasteiger partial charge >= 0.3 is 0 Å². The summed E-state index contributed by atoms with van der Waals surface area (Å²) in [5.74, 6) is 0. The van der Waals surface area contributed by atoms with Gasteiger partial charge in [-0.25, -0.2) is 0 Å². The summed E-state index contributed by atoms with van der Waals surface area (Å²) in [6, 6.07) is 2.55. The van der Waals surface area contributed by atoms with Crippen LogP contribution in [0.4, 0.5) is 5.69 Å². The van der Waals surface area contributed by atoms with Gasteiger partial charge in [0, 0.05) is 18.8 Å². The molecule has 0 saturated carbocycles. The van der Waals surface area contributed by atoms with Crippen LogP contribution >= 0.6 is 0 Å². The molecule has 0 aromatic carbocycles. The van der Waals surface area contributed by atoms with Gasteiger partial charge in [0.2, 0.25) is 0 Å². The molecule has 1 aliphatic carbocycles. The molecule has 0 radical (unpaired) electrons. The van der Waals surface area contributed by atoms with E-state index in [1.807, 2.05) is 6.20 Å². The lowest BCUT2D eigenvalue weighted by Crippen LogP contribution is -2.20. The van der Waals surface area contributed by atoms with E-state index in [0.29, 0.717) is 6.04 Å². The number of nitrogens with zero attached hydrogens (tertiary/aromatic N) is 1. The predicted molar refractivity (Wildman–Crippen MR) is 61.2 cm³/mol.